The maximum absolute atomic E-state index is 10.6. The molecule has 3 nitrogen and oxygen atoms in total. The third-order valence-corrected chi connectivity index (χ3v) is 2.67. The monoisotopic (exact) mass is 171 g/mol. The van der Waals surface area contributed by atoms with Gasteiger partial charge in [-0.25, -0.2) is 4.79 Å². The molecule has 0 aromatic heterocycles. The molecular formula is C9H19N2O+. The molecule has 0 aromatic rings. The number of carbonyl (C=O) groups excluding carboxylic acids is 1. The van der Waals surface area contributed by atoms with Crippen LogP contribution in [0.25, 0.3) is 0 Å². The van der Waals surface area contributed by atoms with Crippen LogP contribution in [0.3, 0.4) is 0 Å². The summed E-state index contributed by atoms with van der Waals surface area (Å²) in [4.78, 5) is 13.0. The van der Waals surface area contributed by atoms with Crippen molar-refractivity contribution < 1.29 is 10.5 Å². The number of piperidine rings is 1. The van der Waals surface area contributed by atoms with Crippen molar-refractivity contribution in [2.45, 2.75) is 25.7 Å². The number of rotatable bonds is 3. The second kappa shape index (κ2) is 4.58. The van der Waals surface area contributed by atoms with Crippen molar-refractivity contribution in [2.24, 2.45) is 5.92 Å². The van der Waals surface area contributed by atoms with Crippen molar-refractivity contribution in [3.63, 3.8) is 0 Å². The molecule has 0 aromatic carbocycles. The summed E-state index contributed by atoms with van der Waals surface area (Å²) in [5, 5.41) is 0. The van der Waals surface area contributed by atoms with Gasteiger partial charge in [-0.2, -0.15) is 0 Å². The van der Waals surface area contributed by atoms with Gasteiger partial charge < -0.3 is 4.90 Å². The average Bonchev–Trinajstić information content (AvgIpc) is 2.03. The highest BCUT2D eigenvalue weighted by Gasteiger charge is 2.17. The molecule has 1 aliphatic heterocycles. The number of quaternary nitrogens is 1. The van der Waals surface area contributed by atoms with Gasteiger partial charge >= 0.3 is 5.91 Å². The molecule has 1 amide bonds. The van der Waals surface area contributed by atoms with Gasteiger partial charge in [-0.15, -0.1) is 0 Å². The van der Waals surface area contributed by atoms with E-state index in [0.29, 0.717) is 6.42 Å². The highest BCUT2D eigenvalue weighted by Crippen LogP contribution is 2.20. The molecule has 12 heavy (non-hydrogen) atoms. The Labute approximate surface area is 73.9 Å². The van der Waals surface area contributed by atoms with Crippen molar-refractivity contribution in [2.75, 3.05) is 20.1 Å². The van der Waals surface area contributed by atoms with Gasteiger partial charge in [0.05, 0.1) is 6.42 Å². The first kappa shape index (κ1) is 9.68. The molecular weight excluding hydrogens is 152 g/mol. The van der Waals surface area contributed by atoms with E-state index in [1.165, 1.54) is 25.9 Å². The molecule has 0 aliphatic carbocycles. The topological polar surface area (TPSA) is 48.0 Å². The first-order chi connectivity index (χ1) is 5.68. The van der Waals surface area contributed by atoms with E-state index in [-0.39, 0.29) is 5.91 Å². The van der Waals surface area contributed by atoms with Crippen molar-refractivity contribution >= 4 is 5.91 Å². The van der Waals surface area contributed by atoms with E-state index in [2.05, 4.69) is 17.7 Å². The number of nitrogens with zero attached hydrogens (tertiary/aromatic N) is 1. The van der Waals surface area contributed by atoms with Crippen molar-refractivity contribution in [1.82, 2.24) is 4.90 Å². The number of carbonyl (C=O) groups is 1. The highest BCUT2D eigenvalue weighted by molar-refractivity contribution is 5.64. The summed E-state index contributed by atoms with van der Waals surface area (Å²) in [6.07, 6.45) is 4.23. The van der Waals surface area contributed by atoms with Gasteiger partial charge in [0.1, 0.15) is 0 Å². The van der Waals surface area contributed by atoms with Gasteiger partial charge in [0.2, 0.25) is 0 Å². The molecule has 1 heterocycles. The summed E-state index contributed by atoms with van der Waals surface area (Å²) in [6, 6.07) is 0. The average molecular weight is 171 g/mol. The minimum Gasteiger partial charge on any atom is -0.306 e. The van der Waals surface area contributed by atoms with E-state index in [1.807, 2.05) is 0 Å². The Hall–Kier alpha value is -0.410. The number of hydrogen-bond donors (Lipinski definition) is 1. The summed E-state index contributed by atoms with van der Waals surface area (Å²) in [5.74, 6) is 0.862. The minimum absolute atomic E-state index is 0.0916. The summed E-state index contributed by atoms with van der Waals surface area (Å²) in [5.41, 5.74) is 3.39. The lowest BCUT2D eigenvalue weighted by molar-refractivity contribution is -0.306. The smallest absolute Gasteiger partial charge is 0.306 e. The largest absolute Gasteiger partial charge is 0.308 e. The van der Waals surface area contributed by atoms with Gasteiger partial charge in [-0.05, 0) is 45.3 Å². The highest BCUT2D eigenvalue weighted by atomic mass is 16.1. The van der Waals surface area contributed by atoms with E-state index in [4.69, 9.17) is 0 Å². The van der Waals surface area contributed by atoms with Crippen LogP contribution in [-0.4, -0.2) is 30.9 Å². The van der Waals surface area contributed by atoms with Crippen LogP contribution in [0.5, 0.6) is 0 Å². The summed E-state index contributed by atoms with van der Waals surface area (Å²) < 4.78 is 0. The van der Waals surface area contributed by atoms with Gasteiger partial charge in [-0.1, -0.05) is 0 Å². The van der Waals surface area contributed by atoms with Crippen LogP contribution in [-0.2, 0) is 4.79 Å². The maximum Gasteiger partial charge on any atom is 0.308 e. The van der Waals surface area contributed by atoms with E-state index in [0.717, 1.165) is 12.3 Å². The van der Waals surface area contributed by atoms with Gasteiger partial charge in [-0.3, -0.25) is 5.73 Å². The molecule has 0 spiro atoms. The van der Waals surface area contributed by atoms with E-state index < -0.39 is 0 Å². The third kappa shape index (κ3) is 3.32. The van der Waals surface area contributed by atoms with Crippen LogP contribution in [0.1, 0.15) is 25.7 Å². The Bertz CT molecular complexity index is 151. The van der Waals surface area contributed by atoms with Crippen LogP contribution >= 0.6 is 0 Å². The van der Waals surface area contributed by atoms with Crippen LogP contribution in [0, 0.1) is 5.92 Å². The van der Waals surface area contributed by atoms with Crippen LogP contribution in [0.2, 0.25) is 0 Å². The second-order valence-corrected chi connectivity index (χ2v) is 3.82. The predicted octanol–water partition coefficient (Wildman–Crippen LogP) is -0.123. The summed E-state index contributed by atoms with van der Waals surface area (Å²) >= 11 is 0. The minimum atomic E-state index is 0.0916. The predicted molar refractivity (Wildman–Crippen MR) is 47.4 cm³/mol. The summed E-state index contributed by atoms with van der Waals surface area (Å²) in [6.45, 7) is 2.38. The first-order valence-corrected chi connectivity index (χ1v) is 4.72. The Kier molecular flexibility index (Phi) is 3.69. The molecule has 0 bridgehead atoms. The fourth-order valence-corrected chi connectivity index (χ4v) is 1.72. The second-order valence-electron chi connectivity index (χ2n) is 3.82. The number of amides is 1. The zero-order valence-electron chi connectivity index (χ0n) is 7.88. The molecule has 0 atom stereocenters. The van der Waals surface area contributed by atoms with Gasteiger partial charge in [0, 0.05) is 0 Å². The molecule has 1 rings (SSSR count). The molecule has 3 heteroatoms. The maximum atomic E-state index is 10.6. The SMILES string of the molecule is CN1CCC(CCC([NH3+])=O)CC1. The molecule has 1 aliphatic rings. The van der Waals surface area contributed by atoms with E-state index in [1.54, 1.807) is 0 Å². The Morgan fingerprint density at radius 2 is 2.08 bits per heavy atom. The zero-order chi connectivity index (χ0) is 8.97. The van der Waals surface area contributed by atoms with Crippen LogP contribution in [0.15, 0.2) is 0 Å². The fourth-order valence-electron chi connectivity index (χ4n) is 1.72. The third-order valence-electron chi connectivity index (χ3n) is 2.67. The Morgan fingerprint density at radius 3 is 2.58 bits per heavy atom. The molecule has 1 fully saturated rings. The zero-order valence-corrected chi connectivity index (χ0v) is 7.88. The Balaban J connectivity index is 2.13. The molecule has 0 radical (unpaired) electrons. The van der Waals surface area contributed by atoms with Gasteiger partial charge in [0.25, 0.3) is 0 Å². The lowest BCUT2D eigenvalue weighted by Crippen LogP contribution is -2.56. The van der Waals surface area contributed by atoms with Crippen LogP contribution < -0.4 is 5.73 Å². The molecule has 3 N–H and O–H groups in total. The standard InChI is InChI=1S/C9H18N2O/c1-11-6-4-8(5-7-11)2-3-9(10)12/h8H,2-7H2,1H3,(H2,10,12)/p+1. The fraction of sp³-hybridized carbons (Fsp3) is 0.889. The Morgan fingerprint density at radius 1 is 1.50 bits per heavy atom. The number of hydrogen-bond acceptors (Lipinski definition) is 2. The van der Waals surface area contributed by atoms with Crippen molar-refractivity contribution in [1.29, 1.82) is 0 Å². The normalized spacial score (nSPS) is 21.2. The number of likely N-dealkylation sites (tertiary alicyclic amines) is 1. The van der Waals surface area contributed by atoms with E-state index >= 15 is 0 Å². The molecule has 1 saturated heterocycles. The first-order valence-electron chi connectivity index (χ1n) is 4.72. The quantitative estimate of drug-likeness (QED) is 0.643. The van der Waals surface area contributed by atoms with E-state index in [9.17, 15) is 4.79 Å². The lowest BCUT2D eigenvalue weighted by atomic mass is 9.92. The summed E-state index contributed by atoms with van der Waals surface area (Å²) in [7, 11) is 2.16. The molecule has 0 saturated carbocycles. The lowest BCUT2D eigenvalue weighted by Gasteiger charge is -2.28. The van der Waals surface area contributed by atoms with Crippen molar-refractivity contribution in [3.05, 3.63) is 0 Å². The van der Waals surface area contributed by atoms with Gasteiger partial charge in [0.15, 0.2) is 0 Å². The molecule has 70 valence electrons. The van der Waals surface area contributed by atoms with Crippen LogP contribution in [0.4, 0.5) is 0 Å². The molecule has 0 unspecified atom stereocenters. The van der Waals surface area contributed by atoms with Crippen molar-refractivity contribution in [3.8, 4) is 0 Å².